The van der Waals surface area contributed by atoms with Crippen molar-refractivity contribution in [3.8, 4) is 0 Å². The third-order valence-electron chi connectivity index (χ3n) is 2.60. The predicted octanol–water partition coefficient (Wildman–Crippen LogP) is 4.28. The molecular formula is C14H11ClN2S. The number of imidazole rings is 1. The number of thioether (sulfide) groups is 1. The lowest BCUT2D eigenvalue weighted by Gasteiger charge is -1.99. The van der Waals surface area contributed by atoms with E-state index in [0.29, 0.717) is 0 Å². The van der Waals surface area contributed by atoms with E-state index in [0.717, 1.165) is 22.1 Å². The lowest BCUT2D eigenvalue weighted by Crippen LogP contribution is -1.79. The number of aromatic nitrogens is 2. The topological polar surface area (TPSA) is 17.3 Å². The molecule has 0 aliphatic rings. The van der Waals surface area contributed by atoms with E-state index in [4.69, 9.17) is 11.6 Å². The largest absolute Gasteiger partial charge is 0.307 e. The van der Waals surface area contributed by atoms with Crippen LogP contribution in [0.5, 0.6) is 0 Å². The van der Waals surface area contributed by atoms with Crippen molar-refractivity contribution in [1.29, 1.82) is 0 Å². The van der Waals surface area contributed by atoms with E-state index in [1.807, 2.05) is 47.0 Å². The first-order valence-electron chi connectivity index (χ1n) is 5.62. The van der Waals surface area contributed by atoms with Crippen molar-refractivity contribution < 1.29 is 0 Å². The van der Waals surface area contributed by atoms with E-state index < -0.39 is 0 Å². The normalized spacial score (nSPS) is 10.9. The maximum absolute atomic E-state index is 5.96. The van der Waals surface area contributed by atoms with Gasteiger partial charge >= 0.3 is 0 Å². The fourth-order valence-electron chi connectivity index (χ4n) is 1.77. The van der Waals surface area contributed by atoms with Gasteiger partial charge in [-0.2, -0.15) is 0 Å². The molecule has 0 atom stereocenters. The van der Waals surface area contributed by atoms with Gasteiger partial charge in [-0.15, -0.1) is 11.8 Å². The third-order valence-corrected chi connectivity index (χ3v) is 3.86. The van der Waals surface area contributed by atoms with Crippen LogP contribution in [0.25, 0.3) is 5.65 Å². The lowest BCUT2D eigenvalue weighted by atomic mass is 10.4. The minimum Gasteiger partial charge on any atom is -0.307 e. The van der Waals surface area contributed by atoms with Crippen molar-refractivity contribution in [2.75, 3.05) is 0 Å². The Labute approximate surface area is 115 Å². The Kier molecular flexibility index (Phi) is 3.26. The standard InChI is InChI=1S/C14H11ClN2S/c15-11-4-3-5-13(8-11)18-10-12-9-17-7-2-1-6-14(17)16-12/h1-9H,10H2. The van der Waals surface area contributed by atoms with Crippen LogP contribution in [0.15, 0.2) is 59.8 Å². The van der Waals surface area contributed by atoms with Crippen LogP contribution in [-0.4, -0.2) is 9.38 Å². The van der Waals surface area contributed by atoms with E-state index in [2.05, 4.69) is 17.2 Å². The van der Waals surface area contributed by atoms with Gasteiger partial charge in [-0.1, -0.05) is 23.7 Å². The second kappa shape index (κ2) is 5.04. The summed E-state index contributed by atoms with van der Waals surface area (Å²) >= 11 is 7.70. The molecule has 2 aromatic heterocycles. The molecule has 18 heavy (non-hydrogen) atoms. The molecule has 0 amide bonds. The van der Waals surface area contributed by atoms with Crippen molar-refractivity contribution in [2.24, 2.45) is 0 Å². The van der Waals surface area contributed by atoms with Gasteiger partial charge in [-0.05, 0) is 30.3 Å². The molecule has 3 aromatic rings. The summed E-state index contributed by atoms with van der Waals surface area (Å²) in [5.41, 5.74) is 2.06. The Bertz CT molecular complexity index is 645. The van der Waals surface area contributed by atoms with Gasteiger partial charge in [0.2, 0.25) is 0 Å². The molecule has 0 spiro atoms. The molecule has 0 saturated heterocycles. The molecular weight excluding hydrogens is 264 g/mol. The van der Waals surface area contributed by atoms with Crippen molar-refractivity contribution in [2.45, 2.75) is 10.6 Å². The van der Waals surface area contributed by atoms with Gasteiger partial charge in [-0.25, -0.2) is 4.98 Å². The summed E-state index contributed by atoms with van der Waals surface area (Å²) in [4.78, 5) is 5.73. The Morgan fingerprint density at radius 1 is 1.17 bits per heavy atom. The summed E-state index contributed by atoms with van der Waals surface area (Å²) < 4.78 is 2.04. The minimum atomic E-state index is 0.773. The fraction of sp³-hybridized carbons (Fsp3) is 0.0714. The average Bonchev–Trinajstić information content (AvgIpc) is 2.79. The van der Waals surface area contributed by atoms with Gasteiger partial charge in [0.05, 0.1) is 5.69 Å². The van der Waals surface area contributed by atoms with E-state index in [-0.39, 0.29) is 0 Å². The zero-order valence-corrected chi connectivity index (χ0v) is 11.2. The van der Waals surface area contributed by atoms with E-state index in [9.17, 15) is 0 Å². The number of hydrogen-bond donors (Lipinski definition) is 0. The van der Waals surface area contributed by atoms with Crippen LogP contribution in [0, 0.1) is 0 Å². The van der Waals surface area contributed by atoms with Crippen LogP contribution in [0.1, 0.15) is 5.69 Å². The van der Waals surface area contributed by atoms with Crippen molar-refractivity contribution >= 4 is 29.0 Å². The third kappa shape index (κ3) is 2.52. The molecule has 3 rings (SSSR count). The fourth-order valence-corrected chi connectivity index (χ4v) is 2.86. The van der Waals surface area contributed by atoms with E-state index in [1.165, 1.54) is 4.90 Å². The number of pyridine rings is 1. The number of halogens is 1. The van der Waals surface area contributed by atoms with E-state index in [1.54, 1.807) is 11.8 Å². The Hall–Kier alpha value is -1.45. The molecule has 4 heteroatoms. The summed E-state index contributed by atoms with van der Waals surface area (Å²) in [6, 6.07) is 13.9. The summed E-state index contributed by atoms with van der Waals surface area (Å²) in [6.07, 6.45) is 4.07. The van der Waals surface area contributed by atoms with Gasteiger partial charge in [0, 0.05) is 28.1 Å². The molecule has 0 unspecified atom stereocenters. The highest BCUT2D eigenvalue weighted by atomic mass is 35.5. The van der Waals surface area contributed by atoms with Crippen molar-refractivity contribution in [1.82, 2.24) is 9.38 Å². The Balaban J connectivity index is 1.76. The van der Waals surface area contributed by atoms with Crippen molar-refractivity contribution in [3.05, 3.63) is 65.6 Å². The predicted molar refractivity (Wildman–Crippen MR) is 76.2 cm³/mol. The smallest absolute Gasteiger partial charge is 0.137 e. The van der Waals surface area contributed by atoms with Gasteiger partial charge in [0.15, 0.2) is 0 Å². The monoisotopic (exact) mass is 274 g/mol. The molecule has 90 valence electrons. The first-order chi connectivity index (χ1) is 8.81. The molecule has 0 N–H and O–H groups in total. The maximum Gasteiger partial charge on any atom is 0.137 e. The summed E-state index contributed by atoms with van der Waals surface area (Å²) in [5.74, 6) is 0.849. The molecule has 0 bridgehead atoms. The van der Waals surface area contributed by atoms with Crippen LogP contribution in [0.2, 0.25) is 5.02 Å². The molecule has 0 radical (unpaired) electrons. The highest BCUT2D eigenvalue weighted by molar-refractivity contribution is 7.98. The summed E-state index contributed by atoms with van der Waals surface area (Å²) in [7, 11) is 0. The first-order valence-corrected chi connectivity index (χ1v) is 6.98. The maximum atomic E-state index is 5.96. The molecule has 2 nitrogen and oxygen atoms in total. The lowest BCUT2D eigenvalue weighted by molar-refractivity contribution is 1.18. The number of rotatable bonds is 3. The zero-order valence-electron chi connectivity index (χ0n) is 9.58. The van der Waals surface area contributed by atoms with Crippen LogP contribution in [0.4, 0.5) is 0 Å². The van der Waals surface area contributed by atoms with Crippen molar-refractivity contribution in [3.63, 3.8) is 0 Å². The first kappa shape index (κ1) is 11.6. The molecule has 0 fully saturated rings. The summed E-state index contributed by atoms with van der Waals surface area (Å²) in [6.45, 7) is 0. The van der Waals surface area contributed by atoms with Gasteiger partial charge in [0.25, 0.3) is 0 Å². The molecule has 0 aliphatic carbocycles. The number of hydrogen-bond acceptors (Lipinski definition) is 2. The Morgan fingerprint density at radius 3 is 2.94 bits per heavy atom. The second-order valence-corrected chi connectivity index (χ2v) is 5.43. The van der Waals surface area contributed by atoms with Crippen LogP contribution in [-0.2, 0) is 5.75 Å². The zero-order chi connectivity index (χ0) is 12.4. The van der Waals surface area contributed by atoms with Gasteiger partial charge in [-0.3, -0.25) is 0 Å². The van der Waals surface area contributed by atoms with Crippen LogP contribution < -0.4 is 0 Å². The van der Waals surface area contributed by atoms with E-state index >= 15 is 0 Å². The highest BCUT2D eigenvalue weighted by Gasteiger charge is 2.02. The van der Waals surface area contributed by atoms with Gasteiger partial charge < -0.3 is 4.40 Å². The number of benzene rings is 1. The highest BCUT2D eigenvalue weighted by Crippen LogP contribution is 2.24. The molecule has 2 heterocycles. The molecule has 1 aromatic carbocycles. The second-order valence-electron chi connectivity index (χ2n) is 3.94. The quantitative estimate of drug-likeness (QED) is 0.663. The SMILES string of the molecule is Clc1cccc(SCc2cn3ccccc3n2)c1. The Morgan fingerprint density at radius 2 is 2.11 bits per heavy atom. The van der Waals surface area contributed by atoms with Crippen LogP contribution in [0.3, 0.4) is 0 Å². The number of fused-ring (bicyclic) bond motifs is 1. The number of nitrogens with zero attached hydrogens (tertiary/aromatic N) is 2. The van der Waals surface area contributed by atoms with Gasteiger partial charge in [0.1, 0.15) is 5.65 Å². The summed E-state index contributed by atoms with van der Waals surface area (Å²) in [5, 5.41) is 0.773. The minimum absolute atomic E-state index is 0.773. The molecule has 0 saturated carbocycles. The molecule has 0 aliphatic heterocycles. The average molecular weight is 275 g/mol. The van der Waals surface area contributed by atoms with Crippen LogP contribution >= 0.6 is 23.4 Å².